The molecule has 0 atom stereocenters. The zero-order chi connectivity index (χ0) is 22.1. The number of benzene rings is 3. The number of piperazine rings is 1. The van der Waals surface area contributed by atoms with E-state index in [1.807, 2.05) is 29.2 Å². The van der Waals surface area contributed by atoms with Crippen molar-refractivity contribution in [2.24, 2.45) is 4.99 Å². The van der Waals surface area contributed by atoms with Gasteiger partial charge in [-0.2, -0.15) is 0 Å². The summed E-state index contributed by atoms with van der Waals surface area (Å²) < 4.78 is 0. The van der Waals surface area contributed by atoms with Gasteiger partial charge >= 0.3 is 0 Å². The van der Waals surface area contributed by atoms with Crippen molar-refractivity contribution in [2.45, 2.75) is 6.54 Å². The van der Waals surface area contributed by atoms with Crippen molar-refractivity contribution >= 4 is 29.6 Å². The zero-order valence-electron chi connectivity index (χ0n) is 17.5. The van der Waals surface area contributed by atoms with Crippen LogP contribution >= 0.6 is 11.6 Å². The number of amides is 2. The van der Waals surface area contributed by atoms with Crippen LogP contribution in [-0.4, -0.2) is 54.0 Å². The maximum atomic E-state index is 13.0. The number of aliphatic imine (C=N–C) groups is 1. The molecule has 2 amide bonds. The van der Waals surface area contributed by atoms with E-state index < -0.39 is 0 Å². The van der Waals surface area contributed by atoms with Gasteiger partial charge in [0.2, 0.25) is 0 Å². The van der Waals surface area contributed by atoms with Crippen LogP contribution in [0.4, 0.5) is 0 Å². The van der Waals surface area contributed by atoms with Crippen LogP contribution in [0.25, 0.3) is 11.1 Å². The van der Waals surface area contributed by atoms with E-state index in [1.165, 1.54) is 17.3 Å². The molecule has 0 bridgehead atoms. The Morgan fingerprint density at radius 3 is 2.44 bits per heavy atom. The second kappa shape index (κ2) is 8.69. The minimum Gasteiger partial charge on any atom is -0.336 e. The van der Waals surface area contributed by atoms with Gasteiger partial charge in [0.1, 0.15) is 0 Å². The Kier molecular flexibility index (Phi) is 5.60. The lowest BCUT2D eigenvalue weighted by atomic mass is 9.99. The number of carbonyl (C=O) groups is 2. The average Bonchev–Trinajstić information content (AvgIpc) is 3.20. The maximum absolute atomic E-state index is 13.0. The molecule has 1 saturated heterocycles. The number of hydrogen-bond acceptors (Lipinski definition) is 3. The van der Waals surface area contributed by atoms with Gasteiger partial charge in [-0.25, -0.2) is 4.99 Å². The first-order valence-corrected chi connectivity index (χ1v) is 11.0. The molecule has 0 spiro atoms. The van der Waals surface area contributed by atoms with E-state index in [2.05, 4.69) is 34.2 Å². The highest BCUT2D eigenvalue weighted by atomic mass is 35.5. The molecule has 0 N–H and O–H groups in total. The number of fused-ring (bicyclic) bond motifs is 1. The molecule has 2 heterocycles. The second-order valence-corrected chi connectivity index (χ2v) is 8.53. The molecule has 0 unspecified atom stereocenters. The summed E-state index contributed by atoms with van der Waals surface area (Å²) in [7, 11) is 0. The highest BCUT2D eigenvalue weighted by molar-refractivity contribution is 6.30. The van der Waals surface area contributed by atoms with Crippen molar-refractivity contribution in [3.8, 4) is 11.1 Å². The largest absolute Gasteiger partial charge is 0.336 e. The number of rotatable bonds is 4. The molecule has 160 valence electrons. The molecule has 5 rings (SSSR count). The molecule has 6 heteroatoms. The molecular weight excluding hydrogens is 422 g/mol. The highest BCUT2D eigenvalue weighted by Gasteiger charge is 2.24. The molecule has 0 saturated carbocycles. The van der Waals surface area contributed by atoms with E-state index in [-0.39, 0.29) is 11.8 Å². The molecule has 2 aliphatic heterocycles. The molecular formula is C26H22ClN3O2. The molecule has 2 aliphatic rings. The van der Waals surface area contributed by atoms with Gasteiger partial charge in [0.25, 0.3) is 11.8 Å². The molecule has 1 fully saturated rings. The summed E-state index contributed by atoms with van der Waals surface area (Å²) in [5, 5.41) is 0.731. The number of hydrogen-bond donors (Lipinski definition) is 0. The summed E-state index contributed by atoms with van der Waals surface area (Å²) in [6.07, 6.45) is 1.53. The Morgan fingerprint density at radius 2 is 1.66 bits per heavy atom. The smallest absolute Gasteiger partial charge is 0.277 e. The van der Waals surface area contributed by atoms with Crippen LogP contribution < -0.4 is 0 Å². The minimum absolute atomic E-state index is 0.00163. The van der Waals surface area contributed by atoms with Crippen molar-refractivity contribution in [1.29, 1.82) is 0 Å². The lowest BCUT2D eigenvalue weighted by Gasteiger charge is -2.35. The Hall–Kier alpha value is -3.28. The standard InChI is InChI=1S/C26H22ClN3O2/c27-22-8-5-18(6-9-22)23-4-2-1-3-20(23)17-29-11-13-30(14-12-29)26(32)19-7-10-24-21(15-19)16-28-25(24)31/h1-10,15-16H,11-14,17H2. The minimum atomic E-state index is -0.244. The maximum Gasteiger partial charge on any atom is 0.277 e. The summed E-state index contributed by atoms with van der Waals surface area (Å²) in [6, 6.07) is 21.5. The van der Waals surface area contributed by atoms with Crippen LogP contribution in [0.1, 0.15) is 31.8 Å². The zero-order valence-corrected chi connectivity index (χ0v) is 18.3. The number of halogens is 1. The van der Waals surface area contributed by atoms with Crippen molar-refractivity contribution in [2.75, 3.05) is 26.2 Å². The van der Waals surface area contributed by atoms with Crippen molar-refractivity contribution in [3.63, 3.8) is 0 Å². The third kappa shape index (κ3) is 4.09. The predicted molar refractivity (Wildman–Crippen MR) is 126 cm³/mol. The fourth-order valence-electron chi connectivity index (χ4n) is 4.30. The lowest BCUT2D eigenvalue weighted by molar-refractivity contribution is 0.0628. The molecule has 0 aliphatic carbocycles. The molecule has 0 aromatic heterocycles. The summed E-state index contributed by atoms with van der Waals surface area (Å²) in [5.74, 6) is -0.242. The fourth-order valence-corrected chi connectivity index (χ4v) is 4.42. The lowest BCUT2D eigenvalue weighted by Crippen LogP contribution is -2.48. The first-order valence-electron chi connectivity index (χ1n) is 10.7. The Balaban J connectivity index is 1.24. The van der Waals surface area contributed by atoms with E-state index in [9.17, 15) is 9.59 Å². The van der Waals surface area contributed by atoms with Crippen LogP contribution in [0.3, 0.4) is 0 Å². The molecule has 5 nitrogen and oxygen atoms in total. The van der Waals surface area contributed by atoms with Gasteiger partial charge < -0.3 is 4.90 Å². The quantitative estimate of drug-likeness (QED) is 0.595. The van der Waals surface area contributed by atoms with E-state index in [1.54, 1.807) is 18.2 Å². The summed E-state index contributed by atoms with van der Waals surface area (Å²) >= 11 is 6.05. The molecule has 32 heavy (non-hydrogen) atoms. The van der Waals surface area contributed by atoms with Crippen LogP contribution in [0, 0.1) is 0 Å². The normalized spacial score (nSPS) is 15.8. The third-order valence-corrected chi connectivity index (χ3v) is 6.33. The van der Waals surface area contributed by atoms with Gasteiger partial charge in [-0.3, -0.25) is 14.5 Å². The number of nitrogens with zero attached hydrogens (tertiary/aromatic N) is 3. The highest BCUT2D eigenvalue weighted by Crippen LogP contribution is 2.26. The SMILES string of the molecule is O=C1N=Cc2cc(C(=O)N3CCN(Cc4ccccc4-c4ccc(Cl)cc4)CC3)ccc21. The first-order chi connectivity index (χ1) is 15.6. The predicted octanol–water partition coefficient (Wildman–Crippen LogP) is 4.54. The van der Waals surface area contributed by atoms with E-state index in [0.29, 0.717) is 24.2 Å². The van der Waals surface area contributed by atoms with Gasteiger partial charge in [-0.15, -0.1) is 0 Å². The van der Waals surface area contributed by atoms with Gasteiger partial charge in [0.05, 0.1) is 5.56 Å². The van der Waals surface area contributed by atoms with Crippen LogP contribution in [0.15, 0.2) is 71.7 Å². The Labute approximate surface area is 191 Å². The van der Waals surface area contributed by atoms with E-state index in [4.69, 9.17) is 11.6 Å². The average molecular weight is 444 g/mol. The summed E-state index contributed by atoms with van der Waals surface area (Å²) in [6.45, 7) is 3.80. The summed E-state index contributed by atoms with van der Waals surface area (Å²) in [5.41, 5.74) is 5.50. The first kappa shape index (κ1) is 20.6. The Bertz CT molecular complexity index is 1210. The molecule has 0 radical (unpaired) electrons. The molecule has 3 aromatic rings. The molecule has 3 aromatic carbocycles. The topological polar surface area (TPSA) is 53.0 Å². The van der Waals surface area contributed by atoms with Crippen molar-refractivity contribution in [3.05, 3.63) is 94.0 Å². The van der Waals surface area contributed by atoms with Gasteiger partial charge in [0, 0.05) is 55.1 Å². The monoisotopic (exact) mass is 443 g/mol. The summed E-state index contributed by atoms with van der Waals surface area (Å²) in [4.78, 5) is 32.7. The van der Waals surface area contributed by atoms with Crippen molar-refractivity contribution in [1.82, 2.24) is 9.80 Å². The van der Waals surface area contributed by atoms with Gasteiger partial charge in [-0.1, -0.05) is 48.0 Å². The van der Waals surface area contributed by atoms with Crippen LogP contribution in [0.5, 0.6) is 0 Å². The van der Waals surface area contributed by atoms with Crippen LogP contribution in [0.2, 0.25) is 5.02 Å². The van der Waals surface area contributed by atoms with Gasteiger partial charge in [0.15, 0.2) is 0 Å². The second-order valence-electron chi connectivity index (χ2n) is 8.10. The van der Waals surface area contributed by atoms with Crippen LogP contribution in [-0.2, 0) is 6.54 Å². The number of carbonyl (C=O) groups excluding carboxylic acids is 2. The van der Waals surface area contributed by atoms with E-state index in [0.717, 1.165) is 35.8 Å². The Morgan fingerprint density at radius 1 is 0.906 bits per heavy atom. The van der Waals surface area contributed by atoms with Crippen molar-refractivity contribution < 1.29 is 9.59 Å². The van der Waals surface area contributed by atoms with Gasteiger partial charge in [-0.05, 0) is 47.0 Å². The van der Waals surface area contributed by atoms with E-state index >= 15 is 0 Å². The third-order valence-electron chi connectivity index (χ3n) is 6.08. The fraction of sp³-hybridized carbons (Fsp3) is 0.192.